The molecule has 9 nitrogen and oxygen atoms in total. The molecule has 1 heterocycles. The normalized spacial score (nSPS) is 10.7. The Morgan fingerprint density at radius 2 is 1.45 bits per heavy atom. The Morgan fingerprint density at radius 3 is 2.11 bits per heavy atom. The molecule has 0 saturated heterocycles. The van der Waals surface area contributed by atoms with E-state index in [4.69, 9.17) is 28.1 Å². The number of anilines is 1. The molecule has 0 saturated carbocycles. The number of amides is 1. The summed E-state index contributed by atoms with van der Waals surface area (Å²) in [7, 11) is 6.08. The van der Waals surface area contributed by atoms with Crippen molar-refractivity contribution in [1.82, 2.24) is 0 Å². The highest BCUT2D eigenvalue weighted by molar-refractivity contribution is 5.92. The second kappa shape index (κ2) is 11.2. The highest BCUT2D eigenvalue weighted by Gasteiger charge is 2.22. The quantitative estimate of drug-likeness (QED) is 0.325. The minimum absolute atomic E-state index is 0.0841. The van der Waals surface area contributed by atoms with Crippen LogP contribution in [0.4, 0.5) is 5.69 Å². The molecule has 1 N–H and O–H groups in total. The number of carbonyl (C=O) groups is 1. The zero-order valence-electron chi connectivity index (χ0n) is 22.1. The Balaban J connectivity index is 1.72. The van der Waals surface area contributed by atoms with Gasteiger partial charge in [-0.05, 0) is 61.4 Å². The number of hydrogen-bond acceptors (Lipinski definition) is 8. The SMILES string of the molecule is COc1ccc(NC(=O)COc2c(-c3ccc(OC)c(OC)c3)oc3cc(C)cc(C)c3c2=O)cc1OC. The first-order valence-corrected chi connectivity index (χ1v) is 11.7. The zero-order chi connectivity index (χ0) is 27.4. The summed E-state index contributed by atoms with van der Waals surface area (Å²) in [6, 6.07) is 13.8. The standard InChI is InChI=1S/C29H29NO8/c1-16-11-17(2)26-24(12-16)38-28(18-7-9-20(33-3)22(13-18)35-5)29(27(26)32)37-15-25(31)30-19-8-10-21(34-4)23(14-19)36-6/h7-14H,15H2,1-6H3,(H,30,31). The summed E-state index contributed by atoms with van der Waals surface area (Å²) >= 11 is 0. The van der Waals surface area contributed by atoms with Crippen LogP contribution in [-0.4, -0.2) is 41.0 Å². The highest BCUT2D eigenvalue weighted by Crippen LogP contribution is 2.37. The zero-order valence-corrected chi connectivity index (χ0v) is 22.1. The van der Waals surface area contributed by atoms with Crippen LogP contribution in [0.25, 0.3) is 22.3 Å². The summed E-state index contributed by atoms with van der Waals surface area (Å²) in [5, 5.41) is 3.12. The van der Waals surface area contributed by atoms with Crippen molar-refractivity contribution in [2.75, 3.05) is 40.4 Å². The third-order valence-corrected chi connectivity index (χ3v) is 5.96. The van der Waals surface area contributed by atoms with Crippen molar-refractivity contribution < 1.29 is 32.9 Å². The number of carbonyl (C=O) groups excluding carboxylic acids is 1. The fraction of sp³-hybridized carbons (Fsp3) is 0.241. The van der Waals surface area contributed by atoms with Gasteiger partial charge in [-0.15, -0.1) is 0 Å². The van der Waals surface area contributed by atoms with Crippen LogP contribution in [0.5, 0.6) is 28.7 Å². The van der Waals surface area contributed by atoms with Gasteiger partial charge in [-0.3, -0.25) is 9.59 Å². The molecule has 1 aromatic heterocycles. The largest absolute Gasteiger partial charge is 0.493 e. The Morgan fingerprint density at radius 1 is 0.816 bits per heavy atom. The monoisotopic (exact) mass is 519 g/mol. The molecule has 198 valence electrons. The number of fused-ring (bicyclic) bond motifs is 1. The minimum atomic E-state index is -0.476. The number of nitrogens with one attached hydrogen (secondary N) is 1. The molecule has 0 radical (unpaired) electrons. The van der Waals surface area contributed by atoms with Gasteiger partial charge in [0.15, 0.2) is 35.4 Å². The molecular weight excluding hydrogens is 490 g/mol. The summed E-state index contributed by atoms with van der Waals surface area (Å²) in [6.07, 6.45) is 0. The molecule has 0 fully saturated rings. The molecule has 0 aliphatic rings. The van der Waals surface area contributed by atoms with Gasteiger partial charge in [-0.1, -0.05) is 6.07 Å². The van der Waals surface area contributed by atoms with Crippen LogP contribution in [-0.2, 0) is 4.79 Å². The molecule has 1 amide bonds. The molecule has 0 aliphatic carbocycles. The van der Waals surface area contributed by atoms with Crippen molar-refractivity contribution >= 4 is 22.6 Å². The van der Waals surface area contributed by atoms with E-state index in [9.17, 15) is 9.59 Å². The van der Waals surface area contributed by atoms with Crippen molar-refractivity contribution in [3.05, 3.63) is 69.9 Å². The average molecular weight is 520 g/mol. The summed E-state index contributed by atoms with van der Waals surface area (Å²) in [5.41, 5.74) is 2.72. The molecule has 0 aliphatic heterocycles. The summed E-state index contributed by atoms with van der Waals surface area (Å²) in [6.45, 7) is 3.32. The molecule has 3 aromatic carbocycles. The molecule has 4 rings (SSSR count). The number of aryl methyl sites for hydroxylation is 2. The third kappa shape index (κ3) is 5.22. The van der Waals surface area contributed by atoms with Crippen LogP contribution in [0.3, 0.4) is 0 Å². The Labute approximate surface area is 219 Å². The molecular formula is C29H29NO8. The van der Waals surface area contributed by atoms with Gasteiger partial charge in [0.2, 0.25) is 11.2 Å². The number of ether oxygens (including phenoxy) is 5. The first kappa shape index (κ1) is 26.4. The van der Waals surface area contributed by atoms with Crippen LogP contribution in [0.2, 0.25) is 0 Å². The lowest BCUT2D eigenvalue weighted by molar-refractivity contribution is -0.118. The molecule has 38 heavy (non-hydrogen) atoms. The van der Waals surface area contributed by atoms with Crippen LogP contribution < -0.4 is 34.4 Å². The van der Waals surface area contributed by atoms with Gasteiger partial charge in [0.1, 0.15) is 5.58 Å². The lowest BCUT2D eigenvalue weighted by atomic mass is 10.0. The fourth-order valence-electron chi connectivity index (χ4n) is 4.22. The van der Waals surface area contributed by atoms with E-state index in [1.54, 1.807) is 42.5 Å². The van der Waals surface area contributed by atoms with Crippen molar-refractivity contribution in [1.29, 1.82) is 0 Å². The highest BCUT2D eigenvalue weighted by atomic mass is 16.5. The van der Waals surface area contributed by atoms with Crippen molar-refractivity contribution in [3.63, 3.8) is 0 Å². The van der Waals surface area contributed by atoms with Crippen LogP contribution in [0, 0.1) is 13.8 Å². The van der Waals surface area contributed by atoms with Crippen LogP contribution >= 0.6 is 0 Å². The lowest BCUT2D eigenvalue weighted by Gasteiger charge is -2.15. The molecule has 4 aromatic rings. The minimum Gasteiger partial charge on any atom is -0.493 e. The first-order chi connectivity index (χ1) is 18.3. The summed E-state index contributed by atoms with van der Waals surface area (Å²) < 4.78 is 33.3. The van der Waals surface area contributed by atoms with Gasteiger partial charge in [0, 0.05) is 17.3 Å². The number of hydrogen-bond donors (Lipinski definition) is 1. The average Bonchev–Trinajstić information content (AvgIpc) is 2.91. The second-order valence-corrected chi connectivity index (χ2v) is 8.52. The Kier molecular flexibility index (Phi) is 7.76. The van der Waals surface area contributed by atoms with Crippen LogP contribution in [0.15, 0.2) is 57.7 Å². The number of benzene rings is 3. The van der Waals surface area contributed by atoms with E-state index in [-0.39, 0.29) is 16.9 Å². The van der Waals surface area contributed by atoms with Crippen LogP contribution in [0.1, 0.15) is 11.1 Å². The predicted octanol–water partition coefficient (Wildman–Crippen LogP) is 5.13. The number of methoxy groups -OCH3 is 4. The number of rotatable bonds is 9. The molecule has 0 atom stereocenters. The molecule has 0 spiro atoms. The van der Waals surface area contributed by atoms with Gasteiger partial charge < -0.3 is 33.4 Å². The van der Waals surface area contributed by atoms with E-state index < -0.39 is 12.5 Å². The van der Waals surface area contributed by atoms with E-state index in [2.05, 4.69) is 5.32 Å². The van der Waals surface area contributed by atoms with Gasteiger partial charge in [-0.25, -0.2) is 0 Å². The summed E-state index contributed by atoms with van der Waals surface area (Å²) in [5.74, 6) is 1.57. The van der Waals surface area contributed by atoms with Gasteiger partial charge in [0.05, 0.1) is 33.8 Å². The van der Waals surface area contributed by atoms with E-state index in [0.717, 1.165) is 11.1 Å². The van der Waals surface area contributed by atoms with Crippen molar-refractivity contribution in [3.8, 4) is 40.1 Å². The topological polar surface area (TPSA) is 105 Å². The fourth-order valence-corrected chi connectivity index (χ4v) is 4.22. The Bertz CT molecular complexity index is 1560. The summed E-state index contributed by atoms with van der Waals surface area (Å²) in [4.78, 5) is 26.4. The van der Waals surface area contributed by atoms with Gasteiger partial charge >= 0.3 is 0 Å². The molecule has 9 heteroatoms. The maximum absolute atomic E-state index is 13.7. The van der Waals surface area contributed by atoms with E-state index >= 15 is 0 Å². The van der Waals surface area contributed by atoms with E-state index in [1.165, 1.54) is 28.4 Å². The predicted molar refractivity (Wildman–Crippen MR) is 144 cm³/mol. The Hall–Kier alpha value is -4.66. The van der Waals surface area contributed by atoms with E-state index in [1.807, 2.05) is 19.9 Å². The maximum Gasteiger partial charge on any atom is 0.262 e. The lowest BCUT2D eigenvalue weighted by Crippen LogP contribution is -2.23. The van der Waals surface area contributed by atoms with Crippen molar-refractivity contribution in [2.45, 2.75) is 13.8 Å². The third-order valence-electron chi connectivity index (χ3n) is 5.96. The maximum atomic E-state index is 13.7. The first-order valence-electron chi connectivity index (χ1n) is 11.7. The van der Waals surface area contributed by atoms with E-state index in [0.29, 0.717) is 45.2 Å². The van der Waals surface area contributed by atoms with Gasteiger partial charge in [-0.2, -0.15) is 0 Å². The van der Waals surface area contributed by atoms with Crippen molar-refractivity contribution in [2.24, 2.45) is 0 Å². The molecule has 0 bridgehead atoms. The second-order valence-electron chi connectivity index (χ2n) is 8.52. The smallest absolute Gasteiger partial charge is 0.262 e. The molecule has 0 unspecified atom stereocenters. The van der Waals surface area contributed by atoms with Gasteiger partial charge in [0.25, 0.3) is 5.91 Å².